The van der Waals surface area contributed by atoms with E-state index >= 15 is 0 Å². The van der Waals surface area contributed by atoms with Gasteiger partial charge in [-0.1, -0.05) is 23.9 Å². The smallest absolute Gasteiger partial charge is 0.141 e. The maximum Gasteiger partial charge on any atom is 0.141 e. The zero-order chi connectivity index (χ0) is 16.4. The summed E-state index contributed by atoms with van der Waals surface area (Å²) in [6.07, 6.45) is 0. The lowest BCUT2D eigenvalue weighted by atomic mass is 10.2. The number of benzene rings is 1. The van der Waals surface area contributed by atoms with Gasteiger partial charge in [-0.3, -0.25) is 0 Å². The highest BCUT2D eigenvalue weighted by molar-refractivity contribution is 7.98. The third-order valence-electron chi connectivity index (χ3n) is 3.30. The van der Waals surface area contributed by atoms with Gasteiger partial charge in [0.1, 0.15) is 34.1 Å². The second kappa shape index (κ2) is 6.18. The number of nitrogen functional groups attached to an aromatic ring is 1. The first-order valence-electron chi connectivity index (χ1n) is 6.97. The Hall–Kier alpha value is -2.72. The van der Waals surface area contributed by atoms with Crippen molar-refractivity contribution in [2.75, 3.05) is 5.73 Å². The molecule has 2 heterocycles. The van der Waals surface area contributed by atoms with E-state index in [1.54, 1.807) is 0 Å². The Kier molecular flexibility index (Phi) is 4.08. The Morgan fingerprint density at radius 2 is 1.91 bits per heavy atom. The van der Waals surface area contributed by atoms with Crippen molar-refractivity contribution in [1.29, 1.82) is 5.26 Å². The zero-order valence-electron chi connectivity index (χ0n) is 12.7. The average molecular weight is 322 g/mol. The van der Waals surface area contributed by atoms with Crippen LogP contribution in [0.1, 0.15) is 22.9 Å². The monoisotopic (exact) mass is 322 g/mol. The molecule has 6 nitrogen and oxygen atoms in total. The fourth-order valence-electron chi connectivity index (χ4n) is 2.26. The molecule has 0 fully saturated rings. The third kappa shape index (κ3) is 3.07. The van der Waals surface area contributed by atoms with Crippen molar-refractivity contribution >= 4 is 28.5 Å². The molecule has 0 saturated carbocycles. The Morgan fingerprint density at radius 3 is 2.70 bits per heavy atom. The Morgan fingerprint density at radius 1 is 1.13 bits per heavy atom. The molecule has 2 aromatic heterocycles. The Bertz CT molecular complexity index is 932. The number of nitriles is 1. The van der Waals surface area contributed by atoms with E-state index in [1.807, 2.05) is 38.1 Å². The molecule has 0 radical (unpaired) electrons. The molecule has 0 atom stereocenters. The maximum absolute atomic E-state index is 9.28. The average Bonchev–Trinajstić information content (AvgIpc) is 2.52. The van der Waals surface area contributed by atoms with Gasteiger partial charge in [-0.05, 0) is 26.0 Å². The highest BCUT2D eigenvalue weighted by Gasteiger charge is 2.12. The number of fused-ring (bicyclic) bond motifs is 1. The Labute approximate surface area is 137 Å². The van der Waals surface area contributed by atoms with E-state index in [2.05, 4.69) is 26.0 Å². The number of para-hydroxylation sites is 1. The molecule has 7 heteroatoms. The molecule has 3 aromatic rings. The van der Waals surface area contributed by atoms with Crippen molar-refractivity contribution in [3.63, 3.8) is 0 Å². The van der Waals surface area contributed by atoms with E-state index < -0.39 is 0 Å². The predicted molar refractivity (Wildman–Crippen MR) is 89.7 cm³/mol. The number of aryl methyl sites for hydroxylation is 2. The van der Waals surface area contributed by atoms with Gasteiger partial charge in [0.25, 0.3) is 0 Å². The molecule has 23 heavy (non-hydrogen) atoms. The van der Waals surface area contributed by atoms with Crippen LogP contribution in [0, 0.1) is 25.2 Å². The van der Waals surface area contributed by atoms with Gasteiger partial charge in [-0.25, -0.2) is 19.9 Å². The molecular weight excluding hydrogens is 308 g/mol. The summed E-state index contributed by atoms with van der Waals surface area (Å²) in [4.78, 5) is 17.4. The predicted octanol–water partition coefficient (Wildman–Crippen LogP) is 2.78. The van der Waals surface area contributed by atoms with E-state index in [0.717, 1.165) is 10.9 Å². The largest absolute Gasteiger partial charge is 0.383 e. The molecule has 0 spiro atoms. The number of thioether (sulfide) groups is 1. The molecule has 0 saturated heterocycles. The molecule has 3 rings (SSSR count). The van der Waals surface area contributed by atoms with Crippen LogP contribution in [0.15, 0.2) is 29.3 Å². The summed E-state index contributed by atoms with van der Waals surface area (Å²) in [5, 5.41) is 10.8. The van der Waals surface area contributed by atoms with Gasteiger partial charge in [0.2, 0.25) is 0 Å². The van der Waals surface area contributed by atoms with Gasteiger partial charge < -0.3 is 5.73 Å². The summed E-state index contributed by atoms with van der Waals surface area (Å²) in [5.41, 5.74) is 7.98. The molecule has 114 valence electrons. The topological polar surface area (TPSA) is 101 Å². The molecule has 0 unspecified atom stereocenters. The first kappa shape index (κ1) is 15.2. The van der Waals surface area contributed by atoms with Crippen molar-refractivity contribution in [3.8, 4) is 6.07 Å². The number of aromatic nitrogens is 4. The van der Waals surface area contributed by atoms with Gasteiger partial charge in [0.05, 0.1) is 17.0 Å². The highest BCUT2D eigenvalue weighted by Crippen LogP contribution is 2.26. The van der Waals surface area contributed by atoms with Gasteiger partial charge in [-0.2, -0.15) is 5.26 Å². The minimum absolute atomic E-state index is 0.460. The standard InChI is InChI=1S/C16H14N6S/c1-9-12(7-17)16(20-10(2)19-9)23-8-14-21-13-6-4-3-5-11(13)15(18)22-14/h3-6H,8H2,1-2H3,(H2,18,21,22). The lowest BCUT2D eigenvalue weighted by molar-refractivity contribution is 0.921. The van der Waals surface area contributed by atoms with Gasteiger partial charge in [0, 0.05) is 5.39 Å². The van der Waals surface area contributed by atoms with Crippen molar-refractivity contribution in [3.05, 3.63) is 47.2 Å². The molecule has 0 amide bonds. The fraction of sp³-hybridized carbons (Fsp3) is 0.188. The maximum atomic E-state index is 9.28. The first-order valence-corrected chi connectivity index (χ1v) is 7.96. The number of hydrogen-bond donors (Lipinski definition) is 1. The van der Waals surface area contributed by atoms with Crippen LogP contribution in [0.3, 0.4) is 0 Å². The van der Waals surface area contributed by atoms with Crippen molar-refractivity contribution < 1.29 is 0 Å². The summed E-state index contributed by atoms with van der Waals surface area (Å²) in [7, 11) is 0. The molecule has 0 bridgehead atoms. The van der Waals surface area contributed by atoms with Crippen molar-refractivity contribution in [2.24, 2.45) is 0 Å². The highest BCUT2D eigenvalue weighted by atomic mass is 32.2. The number of hydrogen-bond acceptors (Lipinski definition) is 7. The SMILES string of the molecule is Cc1nc(C)c(C#N)c(SCc2nc(N)c3ccccc3n2)n1. The lowest BCUT2D eigenvalue weighted by Crippen LogP contribution is -2.02. The minimum atomic E-state index is 0.460. The number of rotatable bonds is 3. The molecule has 2 N–H and O–H groups in total. The van der Waals surface area contributed by atoms with E-state index in [4.69, 9.17) is 5.73 Å². The number of nitrogens with zero attached hydrogens (tertiary/aromatic N) is 5. The van der Waals surface area contributed by atoms with Crippen LogP contribution in [0.5, 0.6) is 0 Å². The summed E-state index contributed by atoms with van der Waals surface area (Å²) < 4.78 is 0. The van der Waals surface area contributed by atoms with E-state index in [-0.39, 0.29) is 0 Å². The van der Waals surface area contributed by atoms with Crippen molar-refractivity contribution in [1.82, 2.24) is 19.9 Å². The van der Waals surface area contributed by atoms with E-state index in [0.29, 0.717) is 39.5 Å². The fourth-order valence-corrected chi connectivity index (χ4v) is 3.19. The van der Waals surface area contributed by atoms with Crippen LogP contribution in [0.25, 0.3) is 10.9 Å². The summed E-state index contributed by atoms with van der Waals surface area (Å²) in [5.74, 6) is 2.20. The molecular formula is C16H14N6S. The van der Waals surface area contributed by atoms with Gasteiger partial charge in [0.15, 0.2) is 0 Å². The van der Waals surface area contributed by atoms with E-state index in [1.165, 1.54) is 11.8 Å². The normalized spacial score (nSPS) is 10.7. The minimum Gasteiger partial charge on any atom is -0.383 e. The van der Waals surface area contributed by atoms with Crippen LogP contribution < -0.4 is 5.73 Å². The quantitative estimate of drug-likeness (QED) is 0.584. The van der Waals surface area contributed by atoms with Crippen LogP contribution in [0.2, 0.25) is 0 Å². The van der Waals surface area contributed by atoms with Gasteiger partial charge in [-0.15, -0.1) is 0 Å². The lowest BCUT2D eigenvalue weighted by Gasteiger charge is -2.07. The third-order valence-corrected chi connectivity index (χ3v) is 4.27. The van der Waals surface area contributed by atoms with Crippen LogP contribution in [0.4, 0.5) is 5.82 Å². The molecule has 0 aliphatic carbocycles. The zero-order valence-corrected chi connectivity index (χ0v) is 13.6. The van der Waals surface area contributed by atoms with Crippen LogP contribution in [-0.4, -0.2) is 19.9 Å². The second-order valence-corrected chi connectivity index (χ2v) is 5.94. The Balaban J connectivity index is 1.91. The van der Waals surface area contributed by atoms with Crippen LogP contribution in [-0.2, 0) is 5.75 Å². The van der Waals surface area contributed by atoms with Crippen molar-refractivity contribution in [2.45, 2.75) is 24.6 Å². The van der Waals surface area contributed by atoms with E-state index in [9.17, 15) is 5.26 Å². The molecule has 0 aliphatic rings. The number of anilines is 1. The summed E-state index contributed by atoms with van der Waals surface area (Å²) in [6.45, 7) is 3.62. The first-order chi connectivity index (χ1) is 11.1. The molecule has 0 aliphatic heterocycles. The second-order valence-electron chi connectivity index (χ2n) is 4.98. The molecule has 1 aromatic carbocycles. The number of nitrogens with two attached hydrogens (primary N) is 1. The van der Waals surface area contributed by atoms with Crippen LogP contribution >= 0.6 is 11.8 Å². The summed E-state index contributed by atoms with van der Waals surface area (Å²) in [6, 6.07) is 9.77. The summed E-state index contributed by atoms with van der Waals surface area (Å²) >= 11 is 1.42. The van der Waals surface area contributed by atoms with Gasteiger partial charge >= 0.3 is 0 Å².